The molecule has 27 heavy (non-hydrogen) atoms. The fourth-order valence-corrected chi connectivity index (χ4v) is 2.40. The van der Waals surface area contributed by atoms with E-state index in [1.807, 2.05) is 18.4 Å². The first kappa shape index (κ1) is 23.0. The minimum Gasteiger partial charge on any atom is -0.353 e. The van der Waals surface area contributed by atoms with Gasteiger partial charge in [0.05, 0.1) is 12.6 Å². The molecule has 148 valence electrons. The van der Waals surface area contributed by atoms with Crippen LogP contribution < -0.4 is 10.6 Å². The van der Waals surface area contributed by atoms with Crippen molar-refractivity contribution in [2.75, 3.05) is 13.1 Å². The number of hydrogen-bond donors (Lipinski definition) is 2. The van der Waals surface area contributed by atoms with E-state index in [0.717, 1.165) is 18.3 Å². The first-order valence-electron chi connectivity index (χ1n) is 8.52. The molecular weight excluding hydrogens is 465 g/mol. The molecule has 0 saturated carbocycles. The Hall–Kier alpha value is -2.04. The van der Waals surface area contributed by atoms with Crippen LogP contribution >= 0.6 is 24.0 Å². The lowest BCUT2D eigenvalue weighted by Crippen LogP contribution is -2.39. The standard InChI is InChI=1S/C18H24F2N6.HI/c1-4-8-21-18(22-9-10-26-12-23-25-17(26)5-2)24-13(3)14-6-7-15(19)16(20)11-14;/h4,6-7,11-13H,1,5,8-10H2,2-3H3,(H2,21,22,24);1H. The summed E-state index contributed by atoms with van der Waals surface area (Å²) in [5.41, 5.74) is 0.629. The molecule has 1 unspecified atom stereocenters. The number of aliphatic imine (C=N–C) groups is 1. The van der Waals surface area contributed by atoms with E-state index in [9.17, 15) is 8.78 Å². The smallest absolute Gasteiger partial charge is 0.192 e. The van der Waals surface area contributed by atoms with E-state index >= 15 is 0 Å². The third kappa shape index (κ3) is 6.89. The van der Waals surface area contributed by atoms with Crippen LogP contribution in [0.3, 0.4) is 0 Å². The molecule has 0 aliphatic carbocycles. The van der Waals surface area contributed by atoms with Gasteiger partial charge in [-0.2, -0.15) is 0 Å². The minimum absolute atomic E-state index is 0. The topological polar surface area (TPSA) is 67.1 Å². The number of aryl methyl sites for hydroxylation is 1. The van der Waals surface area contributed by atoms with Crippen molar-refractivity contribution in [1.82, 2.24) is 25.4 Å². The number of benzene rings is 1. The van der Waals surface area contributed by atoms with Crippen molar-refractivity contribution in [3.63, 3.8) is 0 Å². The molecule has 1 aromatic heterocycles. The molecular formula is C18H25F2IN6. The molecule has 0 fully saturated rings. The van der Waals surface area contributed by atoms with Gasteiger partial charge >= 0.3 is 0 Å². The van der Waals surface area contributed by atoms with Gasteiger partial charge < -0.3 is 15.2 Å². The third-order valence-electron chi connectivity index (χ3n) is 3.83. The lowest BCUT2D eigenvalue weighted by Gasteiger charge is -2.18. The van der Waals surface area contributed by atoms with Crippen LogP contribution in [0.25, 0.3) is 0 Å². The van der Waals surface area contributed by atoms with Gasteiger partial charge in [-0.1, -0.05) is 19.1 Å². The molecule has 0 aliphatic heterocycles. The van der Waals surface area contributed by atoms with Gasteiger partial charge in [0.25, 0.3) is 0 Å². The highest BCUT2D eigenvalue weighted by atomic mass is 127. The van der Waals surface area contributed by atoms with Gasteiger partial charge in [0.1, 0.15) is 12.2 Å². The van der Waals surface area contributed by atoms with Crippen molar-refractivity contribution >= 4 is 29.9 Å². The van der Waals surface area contributed by atoms with Gasteiger partial charge in [0.2, 0.25) is 0 Å². The van der Waals surface area contributed by atoms with E-state index in [1.165, 1.54) is 6.07 Å². The van der Waals surface area contributed by atoms with Crippen molar-refractivity contribution in [3.8, 4) is 0 Å². The normalized spacial score (nSPS) is 12.2. The van der Waals surface area contributed by atoms with Gasteiger partial charge in [-0.05, 0) is 24.6 Å². The Labute approximate surface area is 175 Å². The lowest BCUT2D eigenvalue weighted by molar-refractivity contribution is 0.504. The maximum Gasteiger partial charge on any atom is 0.192 e. The summed E-state index contributed by atoms with van der Waals surface area (Å²) in [6.45, 7) is 9.25. The highest BCUT2D eigenvalue weighted by Crippen LogP contribution is 2.15. The van der Waals surface area contributed by atoms with Gasteiger partial charge in [-0.3, -0.25) is 4.99 Å². The van der Waals surface area contributed by atoms with Crippen molar-refractivity contribution in [1.29, 1.82) is 0 Å². The molecule has 1 heterocycles. The second-order valence-corrected chi connectivity index (χ2v) is 5.73. The molecule has 0 aliphatic rings. The molecule has 6 nitrogen and oxygen atoms in total. The summed E-state index contributed by atoms with van der Waals surface area (Å²) >= 11 is 0. The van der Waals surface area contributed by atoms with Gasteiger partial charge in [0.15, 0.2) is 17.6 Å². The highest BCUT2D eigenvalue weighted by molar-refractivity contribution is 14.0. The molecule has 1 aromatic carbocycles. The van der Waals surface area contributed by atoms with Crippen LogP contribution in [0.1, 0.15) is 31.3 Å². The first-order valence-corrected chi connectivity index (χ1v) is 8.52. The average Bonchev–Trinajstić information content (AvgIpc) is 3.09. The van der Waals surface area contributed by atoms with E-state index in [1.54, 1.807) is 18.5 Å². The quantitative estimate of drug-likeness (QED) is 0.258. The van der Waals surface area contributed by atoms with Gasteiger partial charge in [0, 0.05) is 19.5 Å². The zero-order valence-electron chi connectivity index (χ0n) is 15.5. The Kier molecular flexibility index (Phi) is 9.90. The van der Waals surface area contributed by atoms with E-state index in [4.69, 9.17) is 0 Å². The maximum absolute atomic E-state index is 13.4. The predicted octanol–water partition coefficient (Wildman–Crippen LogP) is 3.22. The Morgan fingerprint density at radius 2 is 2.15 bits per heavy atom. The average molecular weight is 490 g/mol. The number of aromatic nitrogens is 3. The Morgan fingerprint density at radius 1 is 1.37 bits per heavy atom. The van der Waals surface area contributed by atoms with E-state index in [-0.39, 0.29) is 30.0 Å². The summed E-state index contributed by atoms with van der Waals surface area (Å²) in [5.74, 6) is -0.258. The van der Waals surface area contributed by atoms with Crippen LogP contribution in [0.2, 0.25) is 0 Å². The minimum atomic E-state index is -0.867. The summed E-state index contributed by atoms with van der Waals surface area (Å²) < 4.78 is 28.5. The van der Waals surface area contributed by atoms with Crippen LogP contribution in [0.15, 0.2) is 42.2 Å². The van der Waals surface area contributed by atoms with Crippen LogP contribution in [0, 0.1) is 11.6 Å². The number of nitrogens with zero attached hydrogens (tertiary/aromatic N) is 4. The van der Waals surface area contributed by atoms with Crippen molar-refractivity contribution in [2.45, 2.75) is 32.9 Å². The van der Waals surface area contributed by atoms with Crippen molar-refractivity contribution < 1.29 is 8.78 Å². The molecule has 0 radical (unpaired) electrons. The van der Waals surface area contributed by atoms with E-state index in [2.05, 4.69) is 32.4 Å². The molecule has 2 N–H and O–H groups in total. The van der Waals surface area contributed by atoms with Gasteiger partial charge in [-0.15, -0.1) is 40.8 Å². The Morgan fingerprint density at radius 3 is 2.81 bits per heavy atom. The van der Waals surface area contributed by atoms with Crippen molar-refractivity contribution in [3.05, 3.63) is 60.2 Å². The molecule has 9 heteroatoms. The monoisotopic (exact) mass is 490 g/mol. The van der Waals surface area contributed by atoms with Crippen LogP contribution in [0.5, 0.6) is 0 Å². The molecule has 2 rings (SSSR count). The molecule has 0 spiro atoms. The third-order valence-corrected chi connectivity index (χ3v) is 3.83. The highest BCUT2D eigenvalue weighted by Gasteiger charge is 2.11. The predicted molar refractivity (Wildman–Crippen MR) is 113 cm³/mol. The van der Waals surface area contributed by atoms with Crippen LogP contribution in [0.4, 0.5) is 8.78 Å². The number of halogens is 3. The Bertz CT molecular complexity index is 762. The number of rotatable bonds is 8. The summed E-state index contributed by atoms with van der Waals surface area (Å²) in [7, 11) is 0. The molecule has 0 amide bonds. The summed E-state index contributed by atoms with van der Waals surface area (Å²) in [6.07, 6.45) is 4.20. The molecule has 1 atom stereocenters. The maximum atomic E-state index is 13.4. The van der Waals surface area contributed by atoms with E-state index in [0.29, 0.717) is 31.2 Å². The second-order valence-electron chi connectivity index (χ2n) is 5.73. The molecule has 0 bridgehead atoms. The summed E-state index contributed by atoms with van der Waals surface area (Å²) in [4.78, 5) is 4.52. The fraction of sp³-hybridized carbons (Fsp3) is 0.389. The lowest BCUT2D eigenvalue weighted by atomic mass is 10.1. The van der Waals surface area contributed by atoms with Gasteiger partial charge in [-0.25, -0.2) is 8.78 Å². The van der Waals surface area contributed by atoms with Crippen LogP contribution in [-0.4, -0.2) is 33.8 Å². The summed E-state index contributed by atoms with van der Waals surface area (Å²) in [6, 6.07) is 3.60. The molecule has 2 aromatic rings. The first-order chi connectivity index (χ1) is 12.5. The SMILES string of the molecule is C=CCNC(=NCCn1cnnc1CC)NC(C)c1ccc(F)c(F)c1.I. The number of nitrogens with one attached hydrogen (secondary N) is 2. The van der Waals surface area contributed by atoms with Crippen molar-refractivity contribution in [2.24, 2.45) is 4.99 Å². The number of hydrogen-bond acceptors (Lipinski definition) is 3. The zero-order valence-corrected chi connectivity index (χ0v) is 17.8. The largest absolute Gasteiger partial charge is 0.353 e. The zero-order chi connectivity index (χ0) is 18.9. The number of guanidine groups is 1. The Balaban J connectivity index is 0.00000364. The van der Waals surface area contributed by atoms with E-state index < -0.39 is 11.6 Å². The second kappa shape index (κ2) is 11.6. The van der Waals surface area contributed by atoms with Crippen LogP contribution in [-0.2, 0) is 13.0 Å². The summed E-state index contributed by atoms with van der Waals surface area (Å²) in [5, 5.41) is 14.2. The molecule has 0 saturated heterocycles. The fourth-order valence-electron chi connectivity index (χ4n) is 2.40.